The van der Waals surface area contributed by atoms with Crippen LogP contribution in [0.5, 0.6) is 0 Å². The van der Waals surface area contributed by atoms with E-state index in [1.165, 1.54) is 10.8 Å². The fraction of sp³-hybridized carbons (Fsp3) is 0.400. The van der Waals surface area contributed by atoms with Crippen LogP contribution in [0.1, 0.15) is 13.3 Å². The van der Waals surface area contributed by atoms with Crippen LogP contribution in [0.3, 0.4) is 0 Å². The van der Waals surface area contributed by atoms with E-state index in [2.05, 4.69) is 44.9 Å². The van der Waals surface area contributed by atoms with Crippen LogP contribution in [-0.4, -0.2) is 29.3 Å². The summed E-state index contributed by atoms with van der Waals surface area (Å²) in [6.45, 7) is 3.82. The number of aliphatic hydroxyl groups is 1. The number of piperidine rings is 1. The Morgan fingerprint density at radius 1 is 1.32 bits per heavy atom. The van der Waals surface area contributed by atoms with E-state index >= 15 is 0 Å². The van der Waals surface area contributed by atoms with E-state index in [0.29, 0.717) is 0 Å². The van der Waals surface area contributed by atoms with Crippen LogP contribution < -0.4 is 4.90 Å². The number of aromatic nitrogens is 1. The highest BCUT2D eigenvalue weighted by atomic mass is 79.9. The fourth-order valence-electron chi connectivity index (χ4n) is 2.73. The molecule has 19 heavy (non-hydrogen) atoms. The number of hydrogen-bond acceptors (Lipinski definition) is 3. The molecule has 0 saturated carbocycles. The summed E-state index contributed by atoms with van der Waals surface area (Å²) < 4.78 is 1.10. The number of hydrogen-bond donors (Lipinski definition) is 1. The lowest BCUT2D eigenvalue weighted by Gasteiger charge is -2.35. The zero-order chi connectivity index (χ0) is 13.4. The molecule has 1 aromatic carbocycles. The summed E-state index contributed by atoms with van der Waals surface area (Å²) in [6.07, 6.45) is 2.49. The molecule has 2 unspecified atom stereocenters. The Balaban J connectivity index is 2.04. The maximum absolute atomic E-state index is 9.85. The van der Waals surface area contributed by atoms with Gasteiger partial charge in [0.1, 0.15) is 5.82 Å². The van der Waals surface area contributed by atoms with Crippen LogP contribution in [0, 0.1) is 5.92 Å². The largest absolute Gasteiger partial charge is 0.393 e. The molecule has 0 aliphatic carbocycles. The van der Waals surface area contributed by atoms with Gasteiger partial charge in [-0.15, -0.1) is 0 Å². The van der Waals surface area contributed by atoms with Gasteiger partial charge in [0.25, 0.3) is 0 Å². The molecule has 0 spiro atoms. The third-order valence-electron chi connectivity index (χ3n) is 3.89. The SMILES string of the molecule is CC1CN(c2nccc3c(Br)cccc23)CCC1O. The molecule has 1 aliphatic heterocycles. The number of rotatable bonds is 1. The van der Waals surface area contributed by atoms with Crippen LogP contribution in [0.4, 0.5) is 5.82 Å². The van der Waals surface area contributed by atoms with Crippen LogP contribution in [0.15, 0.2) is 34.9 Å². The first-order valence-corrected chi connectivity index (χ1v) is 7.42. The number of nitrogens with zero attached hydrogens (tertiary/aromatic N) is 2. The summed E-state index contributed by atoms with van der Waals surface area (Å²) in [7, 11) is 0. The van der Waals surface area contributed by atoms with Crippen molar-refractivity contribution in [3.63, 3.8) is 0 Å². The fourth-order valence-corrected chi connectivity index (χ4v) is 3.23. The molecule has 100 valence electrons. The standard InChI is InChI=1S/C15H17BrN2O/c1-10-9-18(8-6-14(10)19)15-12-3-2-4-13(16)11(12)5-7-17-15/h2-5,7,10,14,19H,6,8-9H2,1H3. The first-order chi connectivity index (χ1) is 9.16. The molecule has 1 aromatic heterocycles. The van der Waals surface area contributed by atoms with E-state index < -0.39 is 0 Å². The Morgan fingerprint density at radius 2 is 2.16 bits per heavy atom. The van der Waals surface area contributed by atoms with Crippen molar-refractivity contribution in [2.45, 2.75) is 19.4 Å². The van der Waals surface area contributed by atoms with Crippen molar-refractivity contribution in [1.29, 1.82) is 0 Å². The van der Waals surface area contributed by atoms with Crippen LogP contribution >= 0.6 is 15.9 Å². The minimum Gasteiger partial charge on any atom is -0.393 e. The molecule has 3 nitrogen and oxygen atoms in total. The van der Waals surface area contributed by atoms with E-state index in [-0.39, 0.29) is 12.0 Å². The van der Waals surface area contributed by atoms with Crippen molar-refractivity contribution in [3.05, 3.63) is 34.9 Å². The van der Waals surface area contributed by atoms with Crippen molar-refractivity contribution in [2.75, 3.05) is 18.0 Å². The third-order valence-corrected chi connectivity index (χ3v) is 4.58. The monoisotopic (exact) mass is 320 g/mol. The molecule has 3 rings (SSSR count). The Kier molecular flexibility index (Phi) is 3.46. The lowest BCUT2D eigenvalue weighted by Crippen LogP contribution is -2.42. The van der Waals surface area contributed by atoms with Crippen molar-refractivity contribution < 1.29 is 5.11 Å². The predicted octanol–water partition coefficient (Wildman–Crippen LogP) is 3.20. The quantitative estimate of drug-likeness (QED) is 0.876. The highest BCUT2D eigenvalue weighted by molar-refractivity contribution is 9.10. The van der Waals surface area contributed by atoms with Gasteiger partial charge in [-0.2, -0.15) is 0 Å². The molecule has 4 heteroatoms. The Hall–Kier alpha value is -1.13. The van der Waals surface area contributed by atoms with Gasteiger partial charge in [0.2, 0.25) is 0 Å². The highest BCUT2D eigenvalue weighted by Gasteiger charge is 2.25. The van der Waals surface area contributed by atoms with E-state index in [4.69, 9.17) is 0 Å². The summed E-state index contributed by atoms with van der Waals surface area (Å²) >= 11 is 3.59. The van der Waals surface area contributed by atoms with Gasteiger partial charge in [-0.3, -0.25) is 0 Å². The average molecular weight is 321 g/mol. The minimum atomic E-state index is -0.182. The van der Waals surface area contributed by atoms with Crippen LogP contribution in [-0.2, 0) is 0 Å². The maximum Gasteiger partial charge on any atom is 0.136 e. The number of fused-ring (bicyclic) bond motifs is 1. The summed E-state index contributed by atoms with van der Waals surface area (Å²) in [5.74, 6) is 1.32. The van der Waals surface area contributed by atoms with Gasteiger partial charge in [-0.05, 0) is 24.5 Å². The molecule has 1 saturated heterocycles. The zero-order valence-corrected chi connectivity index (χ0v) is 12.5. The molecule has 2 atom stereocenters. The number of aliphatic hydroxyl groups excluding tert-OH is 1. The molecule has 1 aliphatic rings. The smallest absolute Gasteiger partial charge is 0.136 e. The molecular formula is C15H17BrN2O. The normalized spacial score (nSPS) is 23.8. The lowest BCUT2D eigenvalue weighted by atomic mass is 9.96. The molecule has 2 aromatic rings. The Labute approximate surface area is 121 Å². The molecule has 1 fully saturated rings. The van der Waals surface area contributed by atoms with Gasteiger partial charge in [0, 0.05) is 34.5 Å². The summed E-state index contributed by atoms with van der Waals surface area (Å²) in [4.78, 5) is 6.84. The van der Waals surface area contributed by atoms with Gasteiger partial charge in [0.05, 0.1) is 6.10 Å². The molecule has 0 bridgehead atoms. The van der Waals surface area contributed by atoms with Crippen molar-refractivity contribution >= 4 is 32.5 Å². The van der Waals surface area contributed by atoms with Crippen LogP contribution in [0.25, 0.3) is 10.8 Å². The van der Waals surface area contributed by atoms with Gasteiger partial charge in [0.15, 0.2) is 0 Å². The number of pyridine rings is 1. The lowest BCUT2D eigenvalue weighted by molar-refractivity contribution is 0.0969. The number of benzene rings is 1. The van der Waals surface area contributed by atoms with Gasteiger partial charge in [-0.25, -0.2) is 4.98 Å². The first kappa shape index (κ1) is 12.9. The van der Waals surface area contributed by atoms with Gasteiger partial charge >= 0.3 is 0 Å². The number of halogens is 1. The maximum atomic E-state index is 9.85. The summed E-state index contributed by atoms with van der Waals surface area (Å²) in [5.41, 5.74) is 0. The van der Waals surface area contributed by atoms with E-state index in [1.807, 2.05) is 18.3 Å². The van der Waals surface area contributed by atoms with Gasteiger partial charge in [-0.1, -0.05) is 35.0 Å². The minimum absolute atomic E-state index is 0.182. The van der Waals surface area contributed by atoms with Crippen molar-refractivity contribution in [1.82, 2.24) is 4.98 Å². The average Bonchev–Trinajstić information content (AvgIpc) is 2.42. The highest BCUT2D eigenvalue weighted by Crippen LogP contribution is 2.31. The second-order valence-corrected chi connectivity index (χ2v) is 6.10. The molecule has 1 N–H and O–H groups in total. The first-order valence-electron chi connectivity index (χ1n) is 6.63. The van der Waals surface area contributed by atoms with Crippen LogP contribution in [0.2, 0.25) is 0 Å². The van der Waals surface area contributed by atoms with Gasteiger partial charge < -0.3 is 10.0 Å². The second-order valence-electron chi connectivity index (χ2n) is 5.25. The Bertz CT molecular complexity index is 602. The molecule has 0 amide bonds. The van der Waals surface area contributed by atoms with Crippen molar-refractivity contribution in [3.8, 4) is 0 Å². The molecule has 0 radical (unpaired) electrons. The Morgan fingerprint density at radius 3 is 2.95 bits per heavy atom. The third kappa shape index (κ3) is 2.35. The topological polar surface area (TPSA) is 36.4 Å². The molecule has 2 heterocycles. The van der Waals surface area contributed by atoms with E-state index in [9.17, 15) is 5.11 Å². The summed E-state index contributed by atoms with van der Waals surface area (Å²) in [5, 5.41) is 12.2. The summed E-state index contributed by atoms with van der Waals surface area (Å²) in [6, 6.07) is 8.23. The van der Waals surface area contributed by atoms with E-state index in [1.54, 1.807) is 0 Å². The van der Waals surface area contributed by atoms with E-state index in [0.717, 1.165) is 29.8 Å². The molecular weight excluding hydrogens is 304 g/mol. The predicted molar refractivity (Wildman–Crippen MR) is 81.4 cm³/mol. The zero-order valence-electron chi connectivity index (χ0n) is 10.9. The van der Waals surface area contributed by atoms with Crippen molar-refractivity contribution in [2.24, 2.45) is 5.92 Å². The second kappa shape index (κ2) is 5.10. The number of anilines is 1.